The molecule has 0 saturated heterocycles. The Bertz CT molecular complexity index is 127. The number of carbonyl (C=O) groups is 1. The highest BCUT2D eigenvalue weighted by atomic mass is 31.2. The molecule has 0 aliphatic carbocycles. The van der Waals surface area contributed by atoms with Gasteiger partial charge in [-0.2, -0.15) is 0 Å². The summed E-state index contributed by atoms with van der Waals surface area (Å²) in [5.74, 6) is -0.210. The molecule has 0 atom stereocenters. The van der Waals surface area contributed by atoms with Gasteiger partial charge in [0.05, 0.1) is 6.61 Å². The van der Waals surface area contributed by atoms with E-state index in [-0.39, 0.29) is 5.97 Å². The molecule has 0 aliphatic heterocycles. The van der Waals surface area contributed by atoms with Gasteiger partial charge in [-0.25, -0.2) is 0 Å². The van der Waals surface area contributed by atoms with Crippen LogP contribution in [0.2, 0.25) is 0 Å². The number of carbonyl (C=O) groups excluding carboxylic acids is 1. The summed E-state index contributed by atoms with van der Waals surface area (Å²) in [7, 11) is -1.79. The van der Waals surface area contributed by atoms with E-state index in [0.29, 0.717) is 32.0 Å². The zero-order chi connectivity index (χ0) is 9.40. The molecule has 2 N–H and O–H groups in total. The van der Waals surface area contributed by atoms with Gasteiger partial charge in [-0.1, -0.05) is 0 Å². The van der Waals surface area contributed by atoms with Crippen molar-refractivity contribution in [3.8, 4) is 0 Å². The Hall–Kier alpha value is -0.180. The minimum Gasteiger partial charge on any atom is -0.466 e. The standard InChI is InChI=1S/C7H15O4P/c1-2-11-7(8)5-3-4-6-12(9)10/h9-10H,2-6H2,1H3. The summed E-state index contributed by atoms with van der Waals surface area (Å²) < 4.78 is 4.69. The Morgan fingerprint density at radius 2 is 2.08 bits per heavy atom. The second-order valence-electron chi connectivity index (χ2n) is 2.36. The topological polar surface area (TPSA) is 66.8 Å². The monoisotopic (exact) mass is 194 g/mol. The van der Waals surface area contributed by atoms with Gasteiger partial charge in [0.25, 0.3) is 0 Å². The van der Waals surface area contributed by atoms with Crippen LogP contribution in [0.15, 0.2) is 0 Å². The van der Waals surface area contributed by atoms with E-state index in [1.807, 2.05) is 0 Å². The lowest BCUT2D eigenvalue weighted by atomic mass is 10.2. The maximum Gasteiger partial charge on any atom is 0.305 e. The molecule has 0 fully saturated rings. The Kier molecular flexibility index (Phi) is 7.36. The summed E-state index contributed by atoms with van der Waals surface area (Å²) in [6.45, 7) is 2.17. The molecule has 0 aromatic carbocycles. The molecule has 0 unspecified atom stereocenters. The molecule has 12 heavy (non-hydrogen) atoms. The van der Waals surface area contributed by atoms with E-state index in [2.05, 4.69) is 0 Å². The van der Waals surface area contributed by atoms with Crippen LogP contribution in [-0.4, -0.2) is 28.5 Å². The summed E-state index contributed by atoms with van der Waals surface area (Å²) in [4.78, 5) is 27.8. The maximum absolute atomic E-state index is 10.7. The largest absolute Gasteiger partial charge is 0.466 e. The lowest BCUT2D eigenvalue weighted by molar-refractivity contribution is -0.143. The van der Waals surface area contributed by atoms with Gasteiger partial charge in [-0.05, 0) is 19.8 Å². The predicted molar refractivity (Wildman–Crippen MR) is 46.7 cm³/mol. The number of esters is 1. The molecule has 0 aliphatic rings. The van der Waals surface area contributed by atoms with Crippen LogP contribution in [0.1, 0.15) is 26.2 Å². The van der Waals surface area contributed by atoms with E-state index >= 15 is 0 Å². The first-order valence-electron chi connectivity index (χ1n) is 3.97. The van der Waals surface area contributed by atoms with E-state index < -0.39 is 8.38 Å². The molecular weight excluding hydrogens is 179 g/mol. The summed E-state index contributed by atoms with van der Waals surface area (Å²) >= 11 is 0. The fourth-order valence-corrected chi connectivity index (χ4v) is 1.26. The first-order chi connectivity index (χ1) is 5.66. The van der Waals surface area contributed by atoms with Gasteiger partial charge in [-0.3, -0.25) is 4.79 Å². The lowest BCUT2D eigenvalue weighted by Gasteiger charge is -2.02. The van der Waals surface area contributed by atoms with Crippen LogP contribution in [0.3, 0.4) is 0 Å². The summed E-state index contributed by atoms with van der Waals surface area (Å²) in [5, 5.41) is 0. The van der Waals surface area contributed by atoms with E-state index in [1.165, 1.54) is 0 Å². The van der Waals surface area contributed by atoms with Crippen molar-refractivity contribution in [3.05, 3.63) is 0 Å². The van der Waals surface area contributed by atoms with Gasteiger partial charge in [0.15, 0.2) is 8.38 Å². The molecule has 4 nitrogen and oxygen atoms in total. The number of ether oxygens (including phenoxy) is 1. The average Bonchev–Trinajstić information content (AvgIpc) is 1.98. The minimum atomic E-state index is -1.79. The van der Waals surface area contributed by atoms with Gasteiger partial charge >= 0.3 is 5.97 Å². The third-order valence-corrected chi connectivity index (χ3v) is 2.01. The van der Waals surface area contributed by atoms with Crippen molar-refractivity contribution in [3.63, 3.8) is 0 Å². The van der Waals surface area contributed by atoms with Crippen molar-refractivity contribution in [2.45, 2.75) is 26.2 Å². The van der Waals surface area contributed by atoms with Crippen LogP contribution < -0.4 is 0 Å². The van der Waals surface area contributed by atoms with Gasteiger partial charge < -0.3 is 14.5 Å². The number of unbranched alkanes of at least 4 members (excludes halogenated alkanes) is 1. The molecule has 72 valence electrons. The van der Waals surface area contributed by atoms with Gasteiger partial charge in [0.2, 0.25) is 0 Å². The Balaban J connectivity index is 3.14. The van der Waals surface area contributed by atoms with Crippen molar-refractivity contribution < 1.29 is 19.3 Å². The van der Waals surface area contributed by atoms with Crippen LogP contribution in [0.25, 0.3) is 0 Å². The molecule has 5 heteroatoms. The zero-order valence-electron chi connectivity index (χ0n) is 7.19. The van der Waals surface area contributed by atoms with Gasteiger partial charge in [0, 0.05) is 12.6 Å². The average molecular weight is 194 g/mol. The molecule has 0 heterocycles. The normalized spacial score (nSPS) is 10.3. The molecule has 0 amide bonds. The van der Waals surface area contributed by atoms with Crippen molar-refractivity contribution in [1.82, 2.24) is 0 Å². The fraction of sp³-hybridized carbons (Fsp3) is 0.857. The van der Waals surface area contributed by atoms with Crippen LogP contribution in [-0.2, 0) is 9.53 Å². The summed E-state index contributed by atoms with van der Waals surface area (Å²) in [5.41, 5.74) is 0. The first-order valence-corrected chi connectivity index (χ1v) is 5.41. The third-order valence-electron chi connectivity index (χ3n) is 1.29. The highest BCUT2D eigenvalue weighted by molar-refractivity contribution is 7.45. The van der Waals surface area contributed by atoms with Crippen molar-refractivity contribution in [2.24, 2.45) is 0 Å². The quantitative estimate of drug-likeness (QED) is 0.376. The van der Waals surface area contributed by atoms with E-state index in [1.54, 1.807) is 6.92 Å². The van der Waals surface area contributed by atoms with E-state index in [0.717, 1.165) is 0 Å². The lowest BCUT2D eigenvalue weighted by Crippen LogP contribution is -2.03. The zero-order valence-corrected chi connectivity index (χ0v) is 8.09. The van der Waals surface area contributed by atoms with Gasteiger partial charge in [0.1, 0.15) is 0 Å². The highest BCUT2D eigenvalue weighted by Gasteiger charge is 2.02. The SMILES string of the molecule is CCOC(=O)CCCCP(O)O. The van der Waals surface area contributed by atoms with Crippen LogP contribution in [0, 0.1) is 0 Å². The Morgan fingerprint density at radius 1 is 1.42 bits per heavy atom. The maximum atomic E-state index is 10.7. The molecule has 0 rings (SSSR count). The highest BCUT2D eigenvalue weighted by Crippen LogP contribution is 2.24. The molecular formula is C7H15O4P. The number of rotatable bonds is 6. The minimum absolute atomic E-state index is 0.210. The molecule has 0 spiro atoms. The first kappa shape index (κ1) is 11.8. The van der Waals surface area contributed by atoms with Crippen LogP contribution in [0.4, 0.5) is 0 Å². The summed E-state index contributed by atoms with van der Waals surface area (Å²) in [6, 6.07) is 0. The van der Waals surface area contributed by atoms with Crippen LogP contribution >= 0.6 is 8.38 Å². The van der Waals surface area contributed by atoms with Crippen molar-refractivity contribution in [2.75, 3.05) is 12.8 Å². The molecule has 0 radical (unpaired) electrons. The Morgan fingerprint density at radius 3 is 2.58 bits per heavy atom. The number of hydrogen-bond acceptors (Lipinski definition) is 4. The fourth-order valence-electron chi connectivity index (χ4n) is 0.756. The molecule has 0 aromatic heterocycles. The van der Waals surface area contributed by atoms with Crippen molar-refractivity contribution >= 4 is 14.3 Å². The van der Waals surface area contributed by atoms with E-state index in [4.69, 9.17) is 14.5 Å². The number of hydrogen-bond donors (Lipinski definition) is 2. The summed E-state index contributed by atoms with van der Waals surface area (Å²) in [6.07, 6.45) is 2.09. The van der Waals surface area contributed by atoms with Crippen LogP contribution in [0.5, 0.6) is 0 Å². The van der Waals surface area contributed by atoms with E-state index in [9.17, 15) is 4.79 Å². The second kappa shape index (κ2) is 7.47. The smallest absolute Gasteiger partial charge is 0.305 e. The second-order valence-corrected chi connectivity index (χ2v) is 3.55. The van der Waals surface area contributed by atoms with Gasteiger partial charge in [-0.15, -0.1) is 0 Å². The molecule has 0 bridgehead atoms. The van der Waals surface area contributed by atoms with Crippen molar-refractivity contribution in [1.29, 1.82) is 0 Å². The third kappa shape index (κ3) is 7.92. The molecule has 0 saturated carbocycles. The predicted octanol–water partition coefficient (Wildman–Crippen LogP) is 1.02. The Labute approximate surface area is 73.5 Å². The molecule has 0 aromatic rings.